The molecule has 1 N–H and O–H groups in total. The van der Waals surface area contributed by atoms with Gasteiger partial charge in [-0.1, -0.05) is 12.1 Å². The van der Waals surface area contributed by atoms with Gasteiger partial charge in [0.2, 0.25) is 0 Å². The van der Waals surface area contributed by atoms with Crippen LogP contribution in [0, 0.1) is 3.57 Å². The van der Waals surface area contributed by atoms with Crippen LogP contribution >= 0.6 is 22.6 Å². The van der Waals surface area contributed by atoms with E-state index in [9.17, 15) is 0 Å². The number of methoxy groups -OCH3 is 1. The minimum absolute atomic E-state index is 0.227. The molecule has 0 heterocycles. The fourth-order valence-corrected chi connectivity index (χ4v) is 2.48. The molecular formula is C17H20INO2. The Balaban J connectivity index is 2.15. The molecule has 0 radical (unpaired) electrons. The molecule has 0 aliphatic rings. The smallest absolute Gasteiger partial charge is 0.163 e. The van der Waals surface area contributed by atoms with Gasteiger partial charge in [-0.05, 0) is 66.3 Å². The van der Waals surface area contributed by atoms with Gasteiger partial charge in [0.05, 0.1) is 13.7 Å². The molecule has 0 saturated carbocycles. The molecule has 0 aliphatic heterocycles. The van der Waals surface area contributed by atoms with E-state index < -0.39 is 0 Å². The van der Waals surface area contributed by atoms with E-state index in [1.54, 1.807) is 7.11 Å². The molecule has 0 amide bonds. The van der Waals surface area contributed by atoms with Crippen molar-refractivity contribution in [2.24, 2.45) is 0 Å². The summed E-state index contributed by atoms with van der Waals surface area (Å²) in [6.07, 6.45) is 0. The zero-order valence-corrected chi connectivity index (χ0v) is 14.7. The Labute approximate surface area is 139 Å². The molecule has 2 aromatic rings. The summed E-state index contributed by atoms with van der Waals surface area (Å²) < 4.78 is 12.1. The van der Waals surface area contributed by atoms with Crippen molar-refractivity contribution >= 4 is 28.3 Å². The Morgan fingerprint density at radius 3 is 2.43 bits per heavy atom. The number of rotatable bonds is 6. The Hall–Kier alpha value is -1.43. The number of hydrogen-bond donors (Lipinski definition) is 1. The highest BCUT2D eigenvalue weighted by Crippen LogP contribution is 2.31. The molecule has 0 aromatic heterocycles. The number of anilines is 1. The van der Waals surface area contributed by atoms with E-state index in [4.69, 9.17) is 9.47 Å². The van der Waals surface area contributed by atoms with Gasteiger partial charge in [-0.2, -0.15) is 0 Å². The first-order valence-corrected chi connectivity index (χ1v) is 8.04. The molecular weight excluding hydrogens is 377 g/mol. The van der Waals surface area contributed by atoms with Gasteiger partial charge in [-0.25, -0.2) is 0 Å². The van der Waals surface area contributed by atoms with Gasteiger partial charge < -0.3 is 14.8 Å². The first-order valence-electron chi connectivity index (χ1n) is 6.97. The molecule has 3 nitrogen and oxygen atoms in total. The molecule has 1 unspecified atom stereocenters. The summed E-state index contributed by atoms with van der Waals surface area (Å²) in [6, 6.07) is 14.7. The van der Waals surface area contributed by atoms with Gasteiger partial charge >= 0.3 is 0 Å². The van der Waals surface area contributed by atoms with Gasteiger partial charge in [-0.15, -0.1) is 0 Å². The van der Waals surface area contributed by atoms with Crippen LogP contribution < -0.4 is 14.8 Å². The van der Waals surface area contributed by atoms with Crippen molar-refractivity contribution in [2.45, 2.75) is 19.9 Å². The van der Waals surface area contributed by atoms with Gasteiger partial charge in [0.1, 0.15) is 0 Å². The van der Waals surface area contributed by atoms with Crippen LogP contribution in [0.25, 0.3) is 0 Å². The molecule has 112 valence electrons. The van der Waals surface area contributed by atoms with Crippen LogP contribution in [0.2, 0.25) is 0 Å². The van der Waals surface area contributed by atoms with Gasteiger partial charge in [0.15, 0.2) is 11.5 Å². The Bertz CT molecular complexity index is 584. The second-order valence-corrected chi connectivity index (χ2v) is 5.96. The number of halogens is 1. The molecule has 21 heavy (non-hydrogen) atoms. The lowest BCUT2D eigenvalue weighted by Crippen LogP contribution is -2.07. The lowest BCUT2D eigenvalue weighted by Gasteiger charge is -2.17. The second kappa shape index (κ2) is 7.54. The molecule has 2 rings (SSSR count). The minimum atomic E-state index is 0.227. The van der Waals surface area contributed by atoms with Crippen LogP contribution in [-0.2, 0) is 0 Å². The minimum Gasteiger partial charge on any atom is -0.493 e. The molecule has 0 fully saturated rings. The van der Waals surface area contributed by atoms with Crippen LogP contribution in [0.3, 0.4) is 0 Å². The third-order valence-corrected chi connectivity index (χ3v) is 3.94. The van der Waals surface area contributed by atoms with Crippen molar-refractivity contribution < 1.29 is 9.47 Å². The van der Waals surface area contributed by atoms with Crippen LogP contribution in [0.5, 0.6) is 11.5 Å². The first kappa shape index (κ1) is 15.9. The van der Waals surface area contributed by atoms with Gasteiger partial charge in [-0.3, -0.25) is 0 Å². The standard InChI is InChI=1S/C17H20INO2/c1-4-21-17-11-15(9-10-16(17)20-3)19-12(2)13-5-7-14(18)8-6-13/h5-12,19H,4H2,1-3H3. The number of nitrogens with one attached hydrogen (secondary N) is 1. The predicted octanol–water partition coefficient (Wildman–Crippen LogP) is 4.87. The van der Waals surface area contributed by atoms with Crippen LogP contribution in [0.15, 0.2) is 42.5 Å². The van der Waals surface area contributed by atoms with Crippen molar-refractivity contribution in [3.8, 4) is 11.5 Å². The van der Waals surface area contributed by atoms with Gasteiger partial charge in [0, 0.05) is 21.4 Å². The monoisotopic (exact) mass is 397 g/mol. The van der Waals surface area contributed by atoms with E-state index in [2.05, 4.69) is 59.1 Å². The number of ether oxygens (including phenoxy) is 2. The quantitative estimate of drug-likeness (QED) is 0.706. The summed E-state index contributed by atoms with van der Waals surface area (Å²) in [4.78, 5) is 0. The molecule has 0 saturated heterocycles. The van der Waals surface area contributed by atoms with Crippen LogP contribution in [0.4, 0.5) is 5.69 Å². The normalized spacial score (nSPS) is 11.8. The van der Waals surface area contributed by atoms with E-state index in [-0.39, 0.29) is 6.04 Å². The highest BCUT2D eigenvalue weighted by atomic mass is 127. The zero-order chi connectivity index (χ0) is 15.2. The average Bonchev–Trinajstić information content (AvgIpc) is 2.48. The summed E-state index contributed by atoms with van der Waals surface area (Å²) in [7, 11) is 1.65. The van der Waals surface area contributed by atoms with Crippen molar-refractivity contribution in [3.63, 3.8) is 0 Å². The fourth-order valence-electron chi connectivity index (χ4n) is 2.12. The molecule has 2 aromatic carbocycles. The predicted molar refractivity (Wildman–Crippen MR) is 95.4 cm³/mol. The van der Waals surface area contributed by atoms with Crippen LogP contribution in [0.1, 0.15) is 25.5 Å². The highest BCUT2D eigenvalue weighted by Gasteiger charge is 2.09. The maximum absolute atomic E-state index is 5.61. The summed E-state index contributed by atoms with van der Waals surface area (Å²) in [6.45, 7) is 4.73. The highest BCUT2D eigenvalue weighted by molar-refractivity contribution is 14.1. The zero-order valence-electron chi connectivity index (χ0n) is 12.5. The van der Waals surface area contributed by atoms with Crippen molar-refractivity contribution in [2.75, 3.05) is 19.0 Å². The lowest BCUT2D eigenvalue weighted by molar-refractivity contribution is 0.311. The van der Waals surface area contributed by atoms with E-state index in [1.807, 2.05) is 25.1 Å². The SMILES string of the molecule is CCOc1cc(NC(C)c2ccc(I)cc2)ccc1OC. The van der Waals surface area contributed by atoms with E-state index in [0.29, 0.717) is 6.61 Å². The first-order chi connectivity index (χ1) is 10.1. The van der Waals surface area contributed by atoms with E-state index in [1.165, 1.54) is 9.13 Å². The van der Waals surface area contributed by atoms with Crippen molar-refractivity contribution in [1.82, 2.24) is 0 Å². The fraction of sp³-hybridized carbons (Fsp3) is 0.294. The van der Waals surface area contributed by atoms with Crippen LogP contribution in [-0.4, -0.2) is 13.7 Å². The Kier molecular flexibility index (Phi) is 5.73. The van der Waals surface area contributed by atoms with E-state index >= 15 is 0 Å². The van der Waals surface area contributed by atoms with E-state index in [0.717, 1.165) is 17.2 Å². The molecule has 0 aliphatic carbocycles. The largest absolute Gasteiger partial charge is 0.493 e. The molecule has 4 heteroatoms. The summed E-state index contributed by atoms with van der Waals surface area (Å²) in [5, 5.41) is 3.49. The van der Waals surface area contributed by atoms with Crippen molar-refractivity contribution in [3.05, 3.63) is 51.6 Å². The molecule has 0 spiro atoms. The third kappa shape index (κ3) is 4.27. The van der Waals surface area contributed by atoms with Gasteiger partial charge in [0.25, 0.3) is 0 Å². The molecule has 1 atom stereocenters. The summed E-state index contributed by atoms with van der Waals surface area (Å²) >= 11 is 2.31. The third-order valence-electron chi connectivity index (χ3n) is 3.22. The lowest BCUT2D eigenvalue weighted by atomic mass is 10.1. The van der Waals surface area contributed by atoms with Crippen molar-refractivity contribution in [1.29, 1.82) is 0 Å². The maximum Gasteiger partial charge on any atom is 0.163 e. The summed E-state index contributed by atoms with van der Waals surface area (Å²) in [5.41, 5.74) is 2.27. The topological polar surface area (TPSA) is 30.5 Å². The Morgan fingerprint density at radius 1 is 1.10 bits per heavy atom. The Morgan fingerprint density at radius 2 is 1.81 bits per heavy atom. The number of benzene rings is 2. The molecule has 0 bridgehead atoms. The number of hydrogen-bond acceptors (Lipinski definition) is 3. The second-order valence-electron chi connectivity index (χ2n) is 4.72. The maximum atomic E-state index is 5.61. The average molecular weight is 397 g/mol. The summed E-state index contributed by atoms with van der Waals surface area (Å²) in [5.74, 6) is 1.52.